The topological polar surface area (TPSA) is 33.0 Å². The Morgan fingerprint density at radius 2 is 2.07 bits per heavy atom. The van der Waals surface area contributed by atoms with E-state index < -0.39 is 8.15 Å². The van der Waals surface area contributed by atoms with E-state index >= 15 is 0 Å². The summed E-state index contributed by atoms with van der Waals surface area (Å²) in [6.07, 6.45) is 1.32. The standard InChI is InChI=1S/C12H18NOP/c1-7(2)14-15-11-5-10(6-13)12(15)9(4)8(11)3/h7,10-12H,5H2,1-4H3/t10-,11+,12+,15?/m1/s1. The highest BCUT2D eigenvalue weighted by Crippen LogP contribution is 2.68. The highest BCUT2D eigenvalue weighted by molar-refractivity contribution is 7.55. The number of allylic oxidation sites excluding steroid dienone is 2. The second-order valence-electron chi connectivity index (χ2n) is 4.81. The first-order valence-corrected chi connectivity index (χ1v) is 6.98. The summed E-state index contributed by atoms with van der Waals surface area (Å²) < 4.78 is 6.04. The van der Waals surface area contributed by atoms with Gasteiger partial charge in [-0.2, -0.15) is 5.26 Å². The second kappa shape index (κ2) is 3.89. The molecule has 2 bridgehead atoms. The van der Waals surface area contributed by atoms with Crippen LogP contribution in [0.2, 0.25) is 0 Å². The van der Waals surface area contributed by atoms with E-state index in [1.165, 1.54) is 11.1 Å². The maximum absolute atomic E-state index is 9.13. The van der Waals surface area contributed by atoms with Crippen LogP contribution in [0.3, 0.4) is 0 Å². The maximum Gasteiger partial charge on any atom is 0.0667 e. The van der Waals surface area contributed by atoms with Crippen LogP contribution in [-0.2, 0) is 4.52 Å². The second-order valence-corrected chi connectivity index (χ2v) is 6.92. The van der Waals surface area contributed by atoms with Crippen molar-refractivity contribution in [3.05, 3.63) is 11.1 Å². The van der Waals surface area contributed by atoms with Crippen molar-refractivity contribution in [1.82, 2.24) is 0 Å². The molecule has 2 nitrogen and oxygen atoms in total. The summed E-state index contributed by atoms with van der Waals surface area (Å²) in [7, 11) is -0.416. The number of nitrogens with zero attached hydrogens (tertiary/aromatic N) is 1. The highest BCUT2D eigenvalue weighted by Gasteiger charge is 2.51. The largest absolute Gasteiger partial charge is 0.355 e. The minimum Gasteiger partial charge on any atom is -0.355 e. The quantitative estimate of drug-likeness (QED) is 0.530. The lowest BCUT2D eigenvalue weighted by molar-refractivity contribution is 0.269. The van der Waals surface area contributed by atoms with E-state index in [0.717, 1.165) is 6.42 Å². The van der Waals surface area contributed by atoms with Crippen molar-refractivity contribution in [1.29, 1.82) is 5.26 Å². The van der Waals surface area contributed by atoms with Crippen molar-refractivity contribution in [2.45, 2.75) is 51.5 Å². The molecule has 0 saturated carbocycles. The minimum atomic E-state index is -0.416. The fraction of sp³-hybridized carbons (Fsp3) is 0.750. The molecule has 4 atom stereocenters. The number of nitriles is 1. The van der Waals surface area contributed by atoms with E-state index in [1.807, 2.05) is 0 Å². The summed E-state index contributed by atoms with van der Waals surface area (Å²) in [5.41, 5.74) is 3.93. The van der Waals surface area contributed by atoms with Crippen LogP contribution in [0.1, 0.15) is 34.1 Å². The van der Waals surface area contributed by atoms with Gasteiger partial charge in [-0.05, 0) is 34.1 Å². The normalized spacial score (nSPS) is 38.9. The number of rotatable bonds is 2. The van der Waals surface area contributed by atoms with Crippen LogP contribution in [-0.4, -0.2) is 17.4 Å². The van der Waals surface area contributed by atoms with Gasteiger partial charge in [0.25, 0.3) is 0 Å². The van der Waals surface area contributed by atoms with Crippen molar-refractivity contribution >= 4 is 8.15 Å². The van der Waals surface area contributed by atoms with Gasteiger partial charge < -0.3 is 4.52 Å². The molecule has 2 heterocycles. The smallest absolute Gasteiger partial charge is 0.0667 e. The lowest BCUT2D eigenvalue weighted by atomic mass is 9.86. The van der Waals surface area contributed by atoms with Crippen LogP contribution in [0, 0.1) is 17.2 Å². The molecule has 0 spiro atoms. The van der Waals surface area contributed by atoms with Gasteiger partial charge in [0, 0.05) is 19.5 Å². The molecule has 0 aromatic heterocycles. The molecule has 2 aliphatic heterocycles. The van der Waals surface area contributed by atoms with Crippen LogP contribution in [0.4, 0.5) is 0 Å². The minimum absolute atomic E-state index is 0.212. The van der Waals surface area contributed by atoms with Crippen LogP contribution in [0.5, 0.6) is 0 Å². The van der Waals surface area contributed by atoms with Gasteiger partial charge in [-0.1, -0.05) is 11.1 Å². The van der Waals surface area contributed by atoms with Crippen LogP contribution >= 0.6 is 8.15 Å². The molecule has 2 aliphatic rings. The van der Waals surface area contributed by atoms with Crippen LogP contribution in [0.15, 0.2) is 11.1 Å². The molecule has 2 rings (SSSR count). The van der Waals surface area contributed by atoms with Gasteiger partial charge in [-0.25, -0.2) is 0 Å². The summed E-state index contributed by atoms with van der Waals surface area (Å²) in [4.78, 5) is 0. The molecule has 0 aromatic carbocycles. The third kappa shape index (κ3) is 1.63. The lowest BCUT2D eigenvalue weighted by Gasteiger charge is -2.21. The fourth-order valence-corrected chi connectivity index (χ4v) is 6.01. The van der Waals surface area contributed by atoms with Crippen LogP contribution < -0.4 is 0 Å². The molecular formula is C12H18NOP. The Kier molecular flexibility index (Phi) is 2.88. The molecule has 0 aromatic rings. The van der Waals surface area contributed by atoms with Gasteiger partial charge in [-0.15, -0.1) is 0 Å². The Morgan fingerprint density at radius 1 is 1.40 bits per heavy atom. The molecule has 82 valence electrons. The summed E-state index contributed by atoms with van der Waals surface area (Å²) in [5.74, 6) is 0.212. The number of hydrogen-bond acceptors (Lipinski definition) is 2. The van der Waals surface area contributed by atoms with Gasteiger partial charge in [-0.3, -0.25) is 0 Å². The van der Waals surface area contributed by atoms with Gasteiger partial charge in [0.05, 0.1) is 18.1 Å². The van der Waals surface area contributed by atoms with Crippen LogP contribution in [0.25, 0.3) is 0 Å². The summed E-state index contributed by atoms with van der Waals surface area (Å²) >= 11 is 0. The predicted molar refractivity (Wildman–Crippen MR) is 62.8 cm³/mol. The van der Waals surface area contributed by atoms with Gasteiger partial charge in [0.15, 0.2) is 0 Å². The van der Waals surface area contributed by atoms with E-state index in [1.54, 1.807) is 0 Å². The van der Waals surface area contributed by atoms with E-state index in [2.05, 4.69) is 33.8 Å². The van der Waals surface area contributed by atoms with Gasteiger partial charge >= 0.3 is 0 Å². The molecule has 0 radical (unpaired) electrons. The lowest BCUT2D eigenvalue weighted by Crippen LogP contribution is -2.16. The van der Waals surface area contributed by atoms with Gasteiger partial charge in [0.2, 0.25) is 0 Å². The summed E-state index contributed by atoms with van der Waals surface area (Å²) in [5, 5.41) is 9.13. The number of hydrogen-bond donors (Lipinski definition) is 0. The molecular weight excluding hydrogens is 205 g/mol. The molecule has 1 saturated heterocycles. The zero-order valence-electron chi connectivity index (χ0n) is 9.82. The van der Waals surface area contributed by atoms with E-state index in [4.69, 9.17) is 9.79 Å². The molecule has 1 fully saturated rings. The Balaban J connectivity index is 2.23. The Labute approximate surface area is 93.1 Å². The van der Waals surface area contributed by atoms with Crippen molar-refractivity contribution in [2.24, 2.45) is 5.92 Å². The SMILES string of the molecule is CC1=C(C)[C@H]2[C@@H](C#N)C[C@@H]1P2OC(C)C. The summed E-state index contributed by atoms with van der Waals surface area (Å²) in [6, 6.07) is 2.45. The first kappa shape index (κ1) is 11.1. The fourth-order valence-electron chi connectivity index (χ4n) is 2.71. The van der Waals surface area contributed by atoms with E-state index in [-0.39, 0.29) is 12.0 Å². The van der Waals surface area contributed by atoms with E-state index in [0.29, 0.717) is 11.3 Å². The van der Waals surface area contributed by atoms with Crippen molar-refractivity contribution in [2.75, 3.05) is 0 Å². The average Bonchev–Trinajstić information content (AvgIpc) is 2.61. The maximum atomic E-state index is 9.13. The third-order valence-corrected chi connectivity index (χ3v) is 6.68. The van der Waals surface area contributed by atoms with Gasteiger partial charge in [0.1, 0.15) is 0 Å². The first-order valence-electron chi connectivity index (χ1n) is 5.58. The Bertz CT molecular complexity index is 342. The number of fused-ring (bicyclic) bond motifs is 2. The average molecular weight is 223 g/mol. The monoisotopic (exact) mass is 223 g/mol. The molecule has 0 aliphatic carbocycles. The zero-order chi connectivity index (χ0) is 11.2. The van der Waals surface area contributed by atoms with Crippen molar-refractivity contribution < 1.29 is 4.52 Å². The molecule has 0 N–H and O–H groups in total. The van der Waals surface area contributed by atoms with E-state index in [9.17, 15) is 0 Å². The molecule has 1 unspecified atom stereocenters. The first-order chi connectivity index (χ1) is 7.06. The zero-order valence-corrected chi connectivity index (χ0v) is 10.7. The molecule has 0 amide bonds. The molecule has 3 heteroatoms. The third-order valence-electron chi connectivity index (χ3n) is 3.50. The predicted octanol–water partition coefficient (Wildman–Crippen LogP) is 3.44. The Morgan fingerprint density at radius 3 is 2.60 bits per heavy atom. The van der Waals surface area contributed by atoms with Crippen molar-refractivity contribution in [3.63, 3.8) is 0 Å². The summed E-state index contributed by atoms with van der Waals surface area (Å²) in [6.45, 7) is 8.58. The highest BCUT2D eigenvalue weighted by atomic mass is 31.1. The Hall–Kier alpha value is -0.380. The van der Waals surface area contributed by atoms with Crippen molar-refractivity contribution in [3.8, 4) is 6.07 Å². The molecule has 15 heavy (non-hydrogen) atoms.